The number of anilines is 3. The fourth-order valence-corrected chi connectivity index (χ4v) is 9.19. The van der Waals surface area contributed by atoms with Crippen LogP contribution in [0, 0.1) is 23.1 Å². The van der Waals surface area contributed by atoms with Crippen LogP contribution in [0.3, 0.4) is 0 Å². The Kier molecular flexibility index (Phi) is 8.89. The summed E-state index contributed by atoms with van der Waals surface area (Å²) in [7, 11) is 1.52. The van der Waals surface area contributed by atoms with Crippen molar-refractivity contribution in [3.05, 3.63) is 59.0 Å². The van der Waals surface area contributed by atoms with Gasteiger partial charge in [0.1, 0.15) is 45.6 Å². The van der Waals surface area contributed by atoms with Gasteiger partial charge in [0.25, 0.3) is 5.92 Å². The SMILES string of the molecule is CC(Oc1nc2c3c(c(C(F)(F)F)c(-c4cccc5sc(N)c(C#N)c45)c(F)c3n1)OCC1COCC1N2[C@H](C)c1cccnc1N)[C@@H]1CC(F)(F)CN1C. The number of aromatic nitrogens is 3. The van der Waals surface area contributed by atoms with Gasteiger partial charge in [-0.25, -0.2) is 18.2 Å². The second-order valence-corrected chi connectivity index (χ2v) is 15.3. The van der Waals surface area contributed by atoms with Crippen LogP contribution in [0.4, 0.5) is 43.0 Å². The van der Waals surface area contributed by atoms with Crippen molar-refractivity contribution in [1.29, 1.82) is 5.26 Å². The molecule has 3 unspecified atom stereocenters. The van der Waals surface area contributed by atoms with Gasteiger partial charge in [-0.15, -0.1) is 11.3 Å². The minimum Gasteiger partial charge on any atom is -0.492 e. The van der Waals surface area contributed by atoms with E-state index >= 15 is 17.6 Å². The van der Waals surface area contributed by atoms with Gasteiger partial charge in [-0.1, -0.05) is 18.2 Å². The molecule has 55 heavy (non-hydrogen) atoms. The van der Waals surface area contributed by atoms with Gasteiger partial charge in [0.05, 0.1) is 55.4 Å². The molecule has 6 heterocycles. The van der Waals surface area contributed by atoms with Crippen LogP contribution in [-0.2, 0) is 10.9 Å². The van der Waals surface area contributed by atoms with Crippen LogP contribution < -0.4 is 25.8 Å². The number of thiophene rings is 1. The molecule has 0 aliphatic carbocycles. The highest BCUT2D eigenvalue weighted by atomic mass is 32.1. The number of nitriles is 1. The van der Waals surface area contributed by atoms with Crippen molar-refractivity contribution in [3.63, 3.8) is 0 Å². The molecule has 0 spiro atoms. The fraction of sp³-hybridized carbons (Fsp3) is 0.405. The predicted molar refractivity (Wildman–Crippen MR) is 194 cm³/mol. The van der Waals surface area contributed by atoms with Crippen molar-refractivity contribution in [2.45, 2.75) is 56.6 Å². The first-order valence-corrected chi connectivity index (χ1v) is 18.2. The number of alkyl halides is 5. The third-order valence-corrected chi connectivity index (χ3v) is 11.7. The lowest BCUT2D eigenvalue weighted by Crippen LogP contribution is -2.46. The summed E-state index contributed by atoms with van der Waals surface area (Å²) in [6, 6.07) is 7.07. The Bertz CT molecular complexity index is 2390. The fourth-order valence-electron chi connectivity index (χ4n) is 8.24. The van der Waals surface area contributed by atoms with Crippen LogP contribution in [0.5, 0.6) is 11.8 Å². The number of rotatable bonds is 6. The second-order valence-electron chi connectivity index (χ2n) is 14.2. The molecule has 2 saturated heterocycles. The number of likely N-dealkylation sites (N-methyl/N-ethyl adjacent to an activating group) is 1. The molecular weight excluding hydrogens is 751 g/mol. The maximum atomic E-state index is 17.6. The van der Waals surface area contributed by atoms with Crippen molar-refractivity contribution >= 4 is 49.0 Å². The third-order valence-electron chi connectivity index (χ3n) is 10.7. The lowest BCUT2D eigenvalue weighted by Gasteiger charge is -2.40. The molecule has 3 aliphatic heterocycles. The van der Waals surface area contributed by atoms with Gasteiger partial charge in [-0.2, -0.15) is 28.4 Å². The molecule has 2 fully saturated rings. The van der Waals surface area contributed by atoms with Gasteiger partial charge >= 0.3 is 12.2 Å². The number of fused-ring (bicyclic) bond motifs is 2. The first-order chi connectivity index (χ1) is 26.1. The normalized spacial score (nSPS) is 22.2. The summed E-state index contributed by atoms with van der Waals surface area (Å²) >= 11 is 0.980. The number of pyridine rings is 1. The minimum absolute atomic E-state index is 0.0328. The Morgan fingerprint density at radius 3 is 2.56 bits per heavy atom. The summed E-state index contributed by atoms with van der Waals surface area (Å²) < 4.78 is 112. The number of nitrogens with two attached hydrogens (primary N) is 2. The average molecular weight is 785 g/mol. The van der Waals surface area contributed by atoms with E-state index in [1.54, 1.807) is 36.9 Å². The molecule has 0 saturated carbocycles. The van der Waals surface area contributed by atoms with E-state index in [4.69, 9.17) is 25.7 Å². The Hall–Kier alpha value is -5.12. The molecule has 5 atom stereocenters. The molecule has 5 aromatic rings. The van der Waals surface area contributed by atoms with Crippen LogP contribution in [0.1, 0.15) is 43.0 Å². The van der Waals surface area contributed by atoms with E-state index in [0.29, 0.717) is 10.3 Å². The molecule has 3 aromatic heterocycles. The summed E-state index contributed by atoms with van der Waals surface area (Å²) in [5, 5.41) is 9.71. The van der Waals surface area contributed by atoms with E-state index in [-0.39, 0.29) is 53.0 Å². The van der Waals surface area contributed by atoms with Gasteiger partial charge < -0.3 is 30.6 Å². The molecule has 2 aromatic carbocycles. The van der Waals surface area contributed by atoms with Crippen LogP contribution >= 0.6 is 11.3 Å². The zero-order chi connectivity index (χ0) is 39.1. The maximum absolute atomic E-state index is 17.6. The van der Waals surface area contributed by atoms with E-state index in [9.17, 15) is 14.0 Å². The molecule has 8 rings (SSSR count). The van der Waals surface area contributed by atoms with E-state index in [0.717, 1.165) is 11.3 Å². The summed E-state index contributed by atoms with van der Waals surface area (Å²) in [5.74, 6) is -5.64. The van der Waals surface area contributed by atoms with Crippen LogP contribution in [0.2, 0.25) is 0 Å². The van der Waals surface area contributed by atoms with Crippen LogP contribution in [0.15, 0.2) is 36.5 Å². The Morgan fingerprint density at radius 2 is 1.87 bits per heavy atom. The van der Waals surface area contributed by atoms with E-state index < -0.39 is 94.8 Å². The Morgan fingerprint density at radius 1 is 1.09 bits per heavy atom. The van der Waals surface area contributed by atoms with E-state index in [1.165, 1.54) is 30.3 Å². The lowest BCUT2D eigenvalue weighted by molar-refractivity contribution is -0.138. The number of halogens is 6. The van der Waals surface area contributed by atoms with Crippen molar-refractivity contribution < 1.29 is 40.6 Å². The van der Waals surface area contributed by atoms with E-state index in [2.05, 4.69) is 15.0 Å². The van der Waals surface area contributed by atoms with Crippen molar-refractivity contribution in [2.75, 3.05) is 49.8 Å². The molecular formula is C37H34F6N8O3S. The number of nitrogens with zero attached hydrogens (tertiary/aromatic N) is 6. The molecule has 0 amide bonds. The second kappa shape index (κ2) is 13.3. The number of ether oxygens (including phenoxy) is 3. The summed E-state index contributed by atoms with van der Waals surface area (Å²) in [6.07, 6.45) is -5.22. The summed E-state index contributed by atoms with van der Waals surface area (Å²) in [6.45, 7) is 2.77. The number of hydrogen-bond acceptors (Lipinski definition) is 12. The van der Waals surface area contributed by atoms with Crippen LogP contribution in [-0.4, -0.2) is 77.4 Å². The number of nitrogen functional groups attached to an aromatic ring is 2. The molecule has 11 nitrogen and oxygen atoms in total. The average Bonchev–Trinajstić information content (AvgIpc) is 3.79. The highest BCUT2D eigenvalue weighted by Crippen LogP contribution is 2.54. The highest BCUT2D eigenvalue weighted by Gasteiger charge is 2.48. The zero-order valence-electron chi connectivity index (χ0n) is 29.6. The number of benzene rings is 2. The lowest BCUT2D eigenvalue weighted by atomic mass is 9.90. The summed E-state index contributed by atoms with van der Waals surface area (Å²) in [5.41, 5.74) is 9.67. The van der Waals surface area contributed by atoms with Gasteiger partial charge in [0, 0.05) is 39.7 Å². The van der Waals surface area contributed by atoms with E-state index in [1.807, 2.05) is 6.07 Å². The standard InChI is InChI=1S/C37H34F6N8O3S/c1-16(19-7-5-9-47-32(19)45)51-23-14-52-12-18(23)13-53-31-27-30(48-35(49-34(27)51)54-17(2)22-10-36(39,40)15-50(22)3)29(38)26(28(31)37(41,42)43)20-6-4-8-24-25(20)21(11-44)33(46)55-24/h4-9,16-18,22-23H,10,12-15,46H2,1-3H3,(H2,45,47)/t16-,17?,18?,22+,23?/m1/s1. The molecule has 3 aliphatic rings. The third kappa shape index (κ3) is 6.08. The van der Waals surface area contributed by atoms with Gasteiger partial charge in [0.15, 0.2) is 5.82 Å². The number of hydrogen-bond donors (Lipinski definition) is 2. The maximum Gasteiger partial charge on any atom is 0.420 e. The topological polar surface area (TPSA) is 149 Å². The van der Waals surface area contributed by atoms with Gasteiger partial charge in [-0.05, 0) is 38.6 Å². The molecule has 18 heteroatoms. The van der Waals surface area contributed by atoms with Crippen molar-refractivity contribution in [3.8, 4) is 29.0 Å². The minimum atomic E-state index is -5.22. The van der Waals surface area contributed by atoms with Crippen molar-refractivity contribution in [2.24, 2.45) is 5.92 Å². The summed E-state index contributed by atoms with van der Waals surface area (Å²) in [4.78, 5) is 16.4. The Balaban J connectivity index is 1.47. The molecule has 0 bridgehead atoms. The monoisotopic (exact) mass is 784 g/mol. The van der Waals surface area contributed by atoms with Gasteiger partial charge in [-0.3, -0.25) is 4.90 Å². The van der Waals surface area contributed by atoms with Crippen molar-refractivity contribution in [1.82, 2.24) is 19.9 Å². The molecule has 0 radical (unpaired) electrons. The molecule has 288 valence electrons. The Labute approximate surface area is 314 Å². The smallest absolute Gasteiger partial charge is 0.420 e. The zero-order valence-corrected chi connectivity index (χ0v) is 30.4. The first kappa shape index (κ1) is 36.8. The highest BCUT2D eigenvalue weighted by molar-refractivity contribution is 7.23. The predicted octanol–water partition coefficient (Wildman–Crippen LogP) is 7.18. The molecule has 4 N–H and O–H groups in total. The number of likely N-dealkylation sites (tertiary alicyclic amines) is 1. The quantitative estimate of drug-likeness (QED) is 0.169. The largest absolute Gasteiger partial charge is 0.492 e. The first-order valence-electron chi connectivity index (χ1n) is 17.4. The van der Waals surface area contributed by atoms with Crippen LogP contribution in [0.25, 0.3) is 32.1 Å². The van der Waals surface area contributed by atoms with Gasteiger partial charge in [0.2, 0.25) is 0 Å².